The van der Waals surface area contributed by atoms with Crippen LogP contribution in [-0.2, 0) is 22.4 Å². The second kappa shape index (κ2) is 13.7. The molecule has 0 fully saturated rings. The molecule has 2 aliphatic rings. The Labute approximate surface area is 257 Å². The number of aromatic hydroxyl groups is 2. The van der Waals surface area contributed by atoms with Crippen LogP contribution in [0, 0.1) is 11.3 Å². The first-order valence-corrected chi connectivity index (χ1v) is 15.8. The molecule has 2 N–H and O–H groups in total. The zero-order valence-corrected chi connectivity index (χ0v) is 26.9. The van der Waals surface area contributed by atoms with Crippen molar-refractivity contribution < 1.29 is 19.7 Å². The lowest BCUT2D eigenvalue weighted by atomic mass is 9.90. The molecule has 228 valence electrons. The van der Waals surface area contributed by atoms with Crippen LogP contribution < -0.4 is 0 Å². The molecule has 4 unspecified atom stereocenters. The maximum atomic E-state index is 12.3. The molecule has 0 spiro atoms. The molecule has 6 rings (SSSR count). The van der Waals surface area contributed by atoms with E-state index in [1.54, 1.807) is 18.2 Å². The quantitative estimate of drug-likeness (QED) is 0.231. The smallest absolute Gasteiger partial charge is 0.312 e. The van der Waals surface area contributed by atoms with Gasteiger partial charge in [0.1, 0.15) is 17.6 Å². The molecule has 0 radical (unpaired) electrons. The normalized spacial score (nSPS) is 19.0. The lowest BCUT2D eigenvalue weighted by Gasteiger charge is -2.23. The average molecular weight is 581 g/mol. The molecule has 4 atom stereocenters. The fraction of sp³-hybridized carbons (Fsp3) is 0.410. The number of hydrogen-bond acceptors (Lipinski definition) is 4. The summed E-state index contributed by atoms with van der Waals surface area (Å²) in [5.41, 5.74) is 5.82. The number of ether oxygens (including phenoxy) is 1. The number of esters is 1. The van der Waals surface area contributed by atoms with Gasteiger partial charge in [0.15, 0.2) is 0 Å². The molecule has 0 bridgehead atoms. The summed E-state index contributed by atoms with van der Waals surface area (Å²) in [5.74, 6) is 2.59. The summed E-state index contributed by atoms with van der Waals surface area (Å²) in [4.78, 5) is 12.3. The molecule has 2 aliphatic carbocycles. The monoisotopic (exact) mass is 580 g/mol. The maximum absolute atomic E-state index is 12.3. The van der Waals surface area contributed by atoms with Gasteiger partial charge >= 0.3 is 5.97 Å². The molecule has 4 nitrogen and oxygen atoms in total. The highest BCUT2D eigenvalue weighted by atomic mass is 16.5. The minimum Gasteiger partial charge on any atom is -0.508 e. The van der Waals surface area contributed by atoms with E-state index >= 15 is 0 Å². The van der Waals surface area contributed by atoms with Crippen molar-refractivity contribution in [3.63, 3.8) is 0 Å². The summed E-state index contributed by atoms with van der Waals surface area (Å²) in [5, 5.41) is 21.1. The average Bonchev–Trinajstić information content (AvgIpc) is 3.51. The number of phenols is 2. The van der Waals surface area contributed by atoms with E-state index in [0.29, 0.717) is 29.3 Å². The standard InChI is InChI=1S/C18H20O2.C11H14O.C10H14O/c1-4-18(2,3)17(19)20-15-11-13-9-5-7-12-8-6-10-14(15)16(12)13;1-7-6-10-9(8(7)2)4-3-5-11(10)12;1-3-8(2)9-4-6-10(11)7-5-9/h5-10,15H,4,11H2,1-3H3;3-5,7-8,12H,6H2,1-2H3;4-8,11H,3H2,1-2H3. The highest BCUT2D eigenvalue weighted by molar-refractivity contribution is 5.91. The summed E-state index contributed by atoms with van der Waals surface area (Å²) in [6.07, 6.45) is 3.63. The van der Waals surface area contributed by atoms with E-state index in [9.17, 15) is 9.90 Å². The number of carbonyl (C=O) groups is 1. The van der Waals surface area contributed by atoms with Crippen molar-refractivity contribution in [3.05, 3.63) is 107 Å². The summed E-state index contributed by atoms with van der Waals surface area (Å²) < 4.78 is 5.80. The fourth-order valence-electron chi connectivity index (χ4n) is 5.82. The zero-order valence-electron chi connectivity index (χ0n) is 26.9. The van der Waals surface area contributed by atoms with Gasteiger partial charge < -0.3 is 14.9 Å². The number of benzene rings is 4. The molecular formula is C39H48O4. The molecular weight excluding hydrogens is 532 g/mol. The van der Waals surface area contributed by atoms with E-state index in [-0.39, 0.29) is 12.1 Å². The third-order valence-corrected chi connectivity index (χ3v) is 9.59. The molecule has 43 heavy (non-hydrogen) atoms. The van der Waals surface area contributed by atoms with E-state index in [2.05, 4.69) is 64.1 Å². The van der Waals surface area contributed by atoms with Crippen LogP contribution in [0.4, 0.5) is 0 Å². The van der Waals surface area contributed by atoms with Crippen LogP contribution in [0.3, 0.4) is 0 Å². The van der Waals surface area contributed by atoms with Crippen molar-refractivity contribution in [1.29, 1.82) is 0 Å². The third kappa shape index (κ3) is 7.24. The van der Waals surface area contributed by atoms with Gasteiger partial charge in [0.25, 0.3) is 0 Å². The molecule has 4 aromatic carbocycles. The second-order valence-corrected chi connectivity index (χ2v) is 12.9. The number of carbonyl (C=O) groups excluding carboxylic acids is 1. The Balaban J connectivity index is 0.000000158. The fourth-order valence-corrected chi connectivity index (χ4v) is 5.82. The number of rotatable bonds is 5. The van der Waals surface area contributed by atoms with Gasteiger partial charge in [0.05, 0.1) is 5.41 Å². The minimum atomic E-state index is -0.414. The lowest BCUT2D eigenvalue weighted by molar-refractivity contribution is -0.160. The first-order chi connectivity index (χ1) is 20.5. The van der Waals surface area contributed by atoms with Crippen molar-refractivity contribution in [2.75, 3.05) is 0 Å². The maximum Gasteiger partial charge on any atom is 0.312 e. The summed E-state index contributed by atoms with van der Waals surface area (Å²) in [6.45, 7) is 14.7. The molecule has 0 heterocycles. The lowest BCUT2D eigenvalue weighted by Crippen LogP contribution is -2.27. The van der Waals surface area contributed by atoms with Gasteiger partial charge in [-0.2, -0.15) is 0 Å². The van der Waals surface area contributed by atoms with Gasteiger partial charge in [-0.05, 0) is 102 Å². The molecule has 0 amide bonds. The largest absolute Gasteiger partial charge is 0.508 e. The minimum absolute atomic E-state index is 0.102. The molecule has 0 aliphatic heterocycles. The van der Waals surface area contributed by atoms with Crippen molar-refractivity contribution in [2.45, 2.75) is 92.1 Å². The number of hydrogen-bond donors (Lipinski definition) is 2. The number of fused-ring (bicyclic) bond motifs is 1. The van der Waals surface area contributed by atoms with Crippen molar-refractivity contribution in [2.24, 2.45) is 11.3 Å². The van der Waals surface area contributed by atoms with Gasteiger partial charge in [-0.25, -0.2) is 0 Å². The van der Waals surface area contributed by atoms with Crippen molar-refractivity contribution in [1.82, 2.24) is 0 Å². The third-order valence-electron chi connectivity index (χ3n) is 9.59. The Morgan fingerprint density at radius 2 is 1.51 bits per heavy atom. The Morgan fingerprint density at radius 3 is 2.14 bits per heavy atom. The predicted molar refractivity (Wildman–Crippen MR) is 177 cm³/mol. The zero-order chi connectivity index (χ0) is 31.3. The van der Waals surface area contributed by atoms with Crippen LogP contribution in [0.25, 0.3) is 10.8 Å². The first-order valence-electron chi connectivity index (χ1n) is 15.8. The molecule has 4 aromatic rings. The van der Waals surface area contributed by atoms with E-state index in [0.717, 1.165) is 36.8 Å². The molecule has 0 aromatic heterocycles. The molecule has 0 saturated carbocycles. The SMILES string of the molecule is CC1Cc2c(O)cccc2C1C.CCC(C)(C)C(=O)OC1Cc2cccc3cccc1c23.CCC(C)c1ccc(O)cc1. The summed E-state index contributed by atoms with van der Waals surface area (Å²) in [6, 6.07) is 25.8. The summed E-state index contributed by atoms with van der Waals surface area (Å²) in [7, 11) is 0. The predicted octanol–water partition coefficient (Wildman–Crippen LogP) is 10.0. The van der Waals surface area contributed by atoms with E-state index in [1.165, 1.54) is 27.5 Å². The topological polar surface area (TPSA) is 66.8 Å². The van der Waals surface area contributed by atoms with E-state index < -0.39 is 5.41 Å². The van der Waals surface area contributed by atoms with E-state index in [1.807, 2.05) is 45.0 Å². The van der Waals surface area contributed by atoms with Crippen molar-refractivity contribution >= 4 is 16.7 Å². The van der Waals surface area contributed by atoms with Crippen LogP contribution in [-0.4, -0.2) is 16.2 Å². The van der Waals surface area contributed by atoms with Crippen LogP contribution >= 0.6 is 0 Å². The summed E-state index contributed by atoms with van der Waals surface area (Å²) >= 11 is 0. The highest BCUT2D eigenvalue weighted by Crippen LogP contribution is 2.41. The second-order valence-electron chi connectivity index (χ2n) is 12.9. The van der Waals surface area contributed by atoms with Gasteiger partial charge in [-0.1, -0.05) is 95.3 Å². The van der Waals surface area contributed by atoms with Crippen LogP contribution in [0.15, 0.2) is 78.9 Å². The van der Waals surface area contributed by atoms with E-state index in [4.69, 9.17) is 9.84 Å². The van der Waals surface area contributed by atoms with Crippen molar-refractivity contribution in [3.8, 4) is 11.5 Å². The number of phenolic OH excluding ortho intramolecular Hbond substituents is 2. The van der Waals surface area contributed by atoms with Gasteiger partial charge in [0, 0.05) is 12.0 Å². The first kappa shape index (κ1) is 32.1. The van der Waals surface area contributed by atoms with Gasteiger partial charge in [-0.3, -0.25) is 4.79 Å². The van der Waals surface area contributed by atoms with Crippen LogP contribution in [0.1, 0.15) is 107 Å². The Morgan fingerprint density at radius 1 is 0.884 bits per heavy atom. The Bertz CT molecular complexity index is 1530. The van der Waals surface area contributed by atoms with Crippen LogP contribution in [0.5, 0.6) is 11.5 Å². The Hall–Kier alpha value is -3.79. The molecule has 4 heteroatoms. The van der Waals surface area contributed by atoms with Gasteiger partial charge in [0.2, 0.25) is 0 Å². The highest BCUT2D eigenvalue weighted by Gasteiger charge is 2.33. The van der Waals surface area contributed by atoms with Gasteiger partial charge in [-0.15, -0.1) is 0 Å². The Kier molecular flexibility index (Phi) is 10.2. The molecule has 0 saturated heterocycles. The van der Waals surface area contributed by atoms with Crippen LogP contribution in [0.2, 0.25) is 0 Å².